The molecule has 0 spiro atoms. The van der Waals surface area contributed by atoms with E-state index in [0.29, 0.717) is 14.5 Å². The number of carboxylic acid groups (broad SMARTS) is 1. The maximum atomic E-state index is 11.0. The van der Waals surface area contributed by atoms with Gasteiger partial charge in [-0.1, -0.05) is 11.6 Å². The van der Waals surface area contributed by atoms with Gasteiger partial charge in [0.05, 0.1) is 12.7 Å². The Morgan fingerprint density at radius 1 is 1.50 bits per heavy atom. The molecule has 0 amide bonds. The lowest BCUT2D eigenvalue weighted by Crippen LogP contribution is -1.97. The number of hydrogen-bond donors (Lipinski definition) is 1. The van der Waals surface area contributed by atoms with Crippen LogP contribution in [0.3, 0.4) is 0 Å². The smallest absolute Gasteiger partial charge is 0.356 e. The number of thiazole rings is 1. The number of aromatic nitrogens is 1. The molecule has 4 nitrogen and oxygen atoms in total. The van der Waals surface area contributed by atoms with Gasteiger partial charge in [-0.15, -0.1) is 11.3 Å². The number of carbonyl (C=O) groups is 1. The van der Waals surface area contributed by atoms with Crippen LogP contribution in [0.1, 0.15) is 16.1 Å². The molecule has 0 radical (unpaired) electrons. The summed E-state index contributed by atoms with van der Waals surface area (Å²) in [5.41, 5.74) is 1.89. The van der Waals surface area contributed by atoms with Gasteiger partial charge in [0.15, 0.2) is 5.69 Å². The van der Waals surface area contributed by atoms with Crippen LogP contribution in [-0.4, -0.2) is 23.2 Å². The molecular formula is C12H10BrNO3S. The summed E-state index contributed by atoms with van der Waals surface area (Å²) < 4.78 is 5.78. The third kappa shape index (κ3) is 2.39. The van der Waals surface area contributed by atoms with E-state index in [-0.39, 0.29) is 5.69 Å². The van der Waals surface area contributed by atoms with Crippen LogP contribution in [0, 0.1) is 6.92 Å². The van der Waals surface area contributed by atoms with Crippen molar-refractivity contribution in [1.29, 1.82) is 0 Å². The minimum absolute atomic E-state index is 0.0264. The molecule has 0 unspecified atom stereocenters. The van der Waals surface area contributed by atoms with Crippen molar-refractivity contribution in [2.75, 3.05) is 7.11 Å². The van der Waals surface area contributed by atoms with Crippen LogP contribution in [0.2, 0.25) is 0 Å². The number of aromatic carboxylic acids is 1. The van der Waals surface area contributed by atoms with Gasteiger partial charge in [0.2, 0.25) is 0 Å². The zero-order chi connectivity index (χ0) is 13.3. The molecule has 6 heteroatoms. The first-order chi connectivity index (χ1) is 8.52. The second kappa shape index (κ2) is 5.07. The normalized spacial score (nSPS) is 10.4. The number of rotatable bonds is 3. The first kappa shape index (κ1) is 13.0. The second-order valence-electron chi connectivity index (χ2n) is 3.65. The molecular weight excluding hydrogens is 318 g/mol. The third-order valence-corrected chi connectivity index (χ3v) is 4.11. The Hall–Kier alpha value is -1.40. The number of methoxy groups -OCH3 is 1. The molecule has 0 fully saturated rings. The van der Waals surface area contributed by atoms with Crippen molar-refractivity contribution in [3.63, 3.8) is 0 Å². The lowest BCUT2D eigenvalue weighted by atomic mass is 10.1. The molecule has 1 N–H and O–H groups in total. The van der Waals surface area contributed by atoms with E-state index in [1.54, 1.807) is 7.11 Å². The van der Waals surface area contributed by atoms with Crippen LogP contribution in [-0.2, 0) is 0 Å². The molecule has 18 heavy (non-hydrogen) atoms. The third-order valence-electron chi connectivity index (χ3n) is 2.37. The molecule has 0 saturated heterocycles. The van der Waals surface area contributed by atoms with E-state index in [1.165, 1.54) is 11.3 Å². The van der Waals surface area contributed by atoms with E-state index in [0.717, 1.165) is 11.1 Å². The highest BCUT2D eigenvalue weighted by Crippen LogP contribution is 2.37. The molecule has 0 aliphatic heterocycles. The molecule has 1 aromatic carbocycles. The van der Waals surface area contributed by atoms with Crippen molar-refractivity contribution in [2.45, 2.75) is 6.92 Å². The van der Waals surface area contributed by atoms with Crippen molar-refractivity contribution >= 4 is 33.2 Å². The molecule has 2 rings (SSSR count). The van der Waals surface area contributed by atoms with Crippen LogP contribution in [0.4, 0.5) is 0 Å². The second-order valence-corrected chi connectivity index (χ2v) is 5.97. The van der Waals surface area contributed by atoms with Crippen LogP contribution in [0.15, 0.2) is 22.0 Å². The van der Waals surface area contributed by atoms with Crippen LogP contribution in [0.25, 0.3) is 10.6 Å². The number of benzene rings is 1. The van der Waals surface area contributed by atoms with E-state index < -0.39 is 5.97 Å². The molecule has 0 atom stereocenters. The minimum Gasteiger partial charge on any atom is -0.496 e. The molecule has 0 saturated carbocycles. The van der Waals surface area contributed by atoms with Crippen LogP contribution >= 0.6 is 27.3 Å². The molecule has 1 aromatic heterocycles. The average Bonchev–Trinajstić information content (AvgIpc) is 2.71. The Kier molecular flexibility index (Phi) is 3.68. The van der Waals surface area contributed by atoms with Crippen molar-refractivity contribution in [2.24, 2.45) is 0 Å². The van der Waals surface area contributed by atoms with Crippen molar-refractivity contribution in [1.82, 2.24) is 4.98 Å². The highest BCUT2D eigenvalue weighted by Gasteiger charge is 2.18. The van der Waals surface area contributed by atoms with Gasteiger partial charge in [-0.05, 0) is 35.0 Å². The average molecular weight is 328 g/mol. The molecule has 1 heterocycles. The van der Waals surface area contributed by atoms with Gasteiger partial charge in [0.25, 0.3) is 0 Å². The number of ether oxygens (including phenoxy) is 1. The zero-order valence-corrected chi connectivity index (χ0v) is 12.1. The van der Waals surface area contributed by atoms with Gasteiger partial charge >= 0.3 is 5.97 Å². The zero-order valence-electron chi connectivity index (χ0n) is 9.73. The van der Waals surface area contributed by atoms with Gasteiger partial charge in [-0.25, -0.2) is 9.78 Å². The number of carboxylic acids is 1. The molecule has 0 aliphatic rings. The predicted molar refractivity (Wildman–Crippen MR) is 73.5 cm³/mol. The highest BCUT2D eigenvalue weighted by molar-refractivity contribution is 9.11. The van der Waals surface area contributed by atoms with Crippen molar-refractivity contribution in [3.8, 4) is 16.3 Å². The number of hydrogen-bond acceptors (Lipinski definition) is 4. The van der Waals surface area contributed by atoms with Gasteiger partial charge < -0.3 is 9.84 Å². The largest absolute Gasteiger partial charge is 0.496 e. The summed E-state index contributed by atoms with van der Waals surface area (Å²) in [4.78, 5) is 15.1. The van der Waals surface area contributed by atoms with E-state index in [9.17, 15) is 4.79 Å². The maximum absolute atomic E-state index is 11.0. The Morgan fingerprint density at radius 2 is 2.22 bits per heavy atom. The summed E-state index contributed by atoms with van der Waals surface area (Å²) in [6, 6.07) is 5.71. The summed E-state index contributed by atoms with van der Waals surface area (Å²) in [5, 5.41) is 9.61. The SMILES string of the molecule is COc1ccc(C)cc1-c1nc(C(=O)O)c(Br)s1. The Labute approximate surface area is 116 Å². The van der Waals surface area contributed by atoms with E-state index in [4.69, 9.17) is 9.84 Å². The summed E-state index contributed by atoms with van der Waals surface area (Å²) in [7, 11) is 1.58. The van der Waals surface area contributed by atoms with Gasteiger partial charge in [-0.2, -0.15) is 0 Å². The molecule has 0 bridgehead atoms. The standard InChI is InChI=1S/C12H10BrNO3S/c1-6-3-4-8(17-2)7(5-6)11-14-9(12(15)16)10(13)18-11/h3-5H,1-2H3,(H,15,16). The summed E-state index contributed by atoms with van der Waals surface area (Å²) in [6.45, 7) is 1.96. The van der Waals surface area contributed by atoms with Crippen LogP contribution in [0.5, 0.6) is 5.75 Å². The first-order valence-electron chi connectivity index (χ1n) is 5.07. The van der Waals surface area contributed by atoms with E-state index >= 15 is 0 Å². The lowest BCUT2D eigenvalue weighted by Gasteiger charge is -2.06. The fraction of sp³-hybridized carbons (Fsp3) is 0.167. The first-order valence-corrected chi connectivity index (χ1v) is 6.68. The summed E-state index contributed by atoms with van der Waals surface area (Å²) in [6.07, 6.45) is 0. The van der Waals surface area contributed by atoms with E-state index in [1.807, 2.05) is 25.1 Å². The van der Waals surface area contributed by atoms with Crippen molar-refractivity contribution < 1.29 is 14.6 Å². The molecule has 0 aliphatic carbocycles. The Morgan fingerprint density at radius 3 is 2.78 bits per heavy atom. The van der Waals surface area contributed by atoms with Crippen molar-refractivity contribution in [3.05, 3.63) is 33.2 Å². The Bertz CT molecular complexity index is 609. The summed E-state index contributed by atoms with van der Waals surface area (Å²) in [5.74, 6) is -0.366. The Balaban J connectivity index is 2.58. The van der Waals surface area contributed by atoms with Gasteiger partial charge in [0, 0.05) is 0 Å². The predicted octanol–water partition coefficient (Wildman–Crippen LogP) is 3.59. The lowest BCUT2D eigenvalue weighted by molar-refractivity contribution is 0.0690. The number of halogens is 1. The van der Waals surface area contributed by atoms with Gasteiger partial charge in [0.1, 0.15) is 14.5 Å². The van der Waals surface area contributed by atoms with Crippen LogP contribution < -0.4 is 4.74 Å². The maximum Gasteiger partial charge on any atom is 0.356 e. The fourth-order valence-electron chi connectivity index (χ4n) is 1.54. The van der Waals surface area contributed by atoms with E-state index in [2.05, 4.69) is 20.9 Å². The topological polar surface area (TPSA) is 59.4 Å². The summed E-state index contributed by atoms with van der Waals surface area (Å²) >= 11 is 4.49. The highest BCUT2D eigenvalue weighted by atomic mass is 79.9. The monoisotopic (exact) mass is 327 g/mol. The molecule has 94 valence electrons. The number of aryl methyl sites for hydroxylation is 1. The van der Waals surface area contributed by atoms with Gasteiger partial charge in [-0.3, -0.25) is 0 Å². The number of nitrogens with zero attached hydrogens (tertiary/aromatic N) is 1. The quantitative estimate of drug-likeness (QED) is 0.935. The molecule has 2 aromatic rings. The minimum atomic E-state index is -1.05. The fourth-order valence-corrected chi connectivity index (χ4v) is 3.06.